The number of methoxy groups -OCH3 is 1. The molecule has 0 unspecified atom stereocenters. The Morgan fingerprint density at radius 3 is 2.26 bits per heavy atom. The van der Waals surface area contributed by atoms with E-state index in [1.165, 1.54) is 12.1 Å². The van der Waals surface area contributed by atoms with Gasteiger partial charge in [-0.05, 0) is 61.4 Å². The fourth-order valence-corrected chi connectivity index (χ4v) is 5.19. The predicted molar refractivity (Wildman–Crippen MR) is 135 cm³/mol. The first-order chi connectivity index (χ1) is 16.1. The molecule has 0 aliphatic carbocycles. The standard InChI is InChI=1S/C25H26Cl2N2O4S/c1-17-4-12-23(13-5-17)34(31,32)29(15-20-6-9-21(26)14-24(20)27)16-25(30)28-18(2)19-7-10-22(33-3)11-8-19/h4-14,18H,15-16H2,1-3H3,(H,28,30)/t18-/m0/s1. The summed E-state index contributed by atoms with van der Waals surface area (Å²) in [4.78, 5) is 13.0. The molecular weight excluding hydrogens is 495 g/mol. The maximum Gasteiger partial charge on any atom is 0.243 e. The third-order valence-corrected chi connectivity index (χ3v) is 7.73. The number of aryl methyl sites for hydroxylation is 1. The Balaban J connectivity index is 1.84. The number of nitrogens with zero attached hydrogens (tertiary/aromatic N) is 1. The van der Waals surface area contributed by atoms with Crippen LogP contribution >= 0.6 is 23.2 Å². The second-order valence-electron chi connectivity index (χ2n) is 7.88. The number of ether oxygens (including phenoxy) is 1. The average molecular weight is 521 g/mol. The molecule has 0 bridgehead atoms. The molecule has 0 fully saturated rings. The Labute approximate surface area is 210 Å². The van der Waals surface area contributed by atoms with Crippen molar-refractivity contribution < 1.29 is 17.9 Å². The first-order valence-electron chi connectivity index (χ1n) is 10.5. The highest BCUT2D eigenvalue weighted by Crippen LogP contribution is 2.25. The van der Waals surface area contributed by atoms with Crippen LogP contribution in [0.3, 0.4) is 0 Å². The number of hydrogen-bond acceptors (Lipinski definition) is 4. The third-order valence-electron chi connectivity index (χ3n) is 5.33. The van der Waals surface area contributed by atoms with Crippen LogP contribution in [-0.4, -0.2) is 32.3 Å². The van der Waals surface area contributed by atoms with Crippen LogP contribution in [0.4, 0.5) is 0 Å². The number of rotatable bonds is 9. The molecule has 6 nitrogen and oxygen atoms in total. The molecule has 34 heavy (non-hydrogen) atoms. The lowest BCUT2D eigenvalue weighted by molar-refractivity contribution is -0.122. The summed E-state index contributed by atoms with van der Waals surface area (Å²) in [5.74, 6) is 0.265. The molecule has 1 amide bonds. The van der Waals surface area contributed by atoms with Gasteiger partial charge in [-0.25, -0.2) is 8.42 Å². The molecule has 0 spiro atoms. The molecular formula is C25H26Cl2N2O4S. The van der Waals surface area contributed by atoms with Crippen molar-refractivity contribution in [2.75, 3.05) is 13.7 Å². The highest BCUT2D eigenvalue weighted by atomic mass is 35.5. The van der Waals surface area contributed by atoms with Crippen molar-refractivity contribution in [3.63, 3.8) is 0 Å². The van der Waals surface area contributed by atoms with Crippen LogP contribution in [0.2, 0.25) is 10.0 Å². The van der Waals surface area contributed by atoms with Gasteiger partial charge in [0.2, 0.25) is 15.9 Å². The molecule has 0 aliphatic heterocycles. The molecule has 0 aliphatic rings. The van der Waals surface area contributed by atoms with Gasteiger partial charge in [-0.2, -0.15) is 4.31 Å². The number of amides is 1. The van der Waals surface area contributed by atoms with Gasteiger partial charge in [-0.15, -0.1) is 0 Å². The minimum atomic E-state index is -3.98. The Bertz CT molecular complexity index is 1250. The minimum Gasteiger partial charge on any atom is -0.497 e. The zero-order valence-electron chi connectivity index (χ0n) is 19.1. The van der Waals surface area contributed by atoms with Gasteiger partial charge < -0.3 is 10.1 Å². The second-order valence-corrected chi connectivity index (χ2v) is 10.7. The van der Waals surface area contributed by atoms with Crippen molar-refractivity contribution in [3.05, 3.63) is 93.5 Å². The van der Waals surface area contributed by atoms with Crippen molar-refractivity contribution >= 4 is 39.1 Å². The van der Waals surface area contributed by atoms with Gasteiger partial charge in [-0.3, -0.25) is 4.79 Å². The largest absolute Gasteiger partial charge is 0.497 e. The molecule has 0 heterocycles. The monoisotopic (exact) mass is 520 g/mol. The number of carbonyl (C=O) groups is 1. The van der Waals surface area contributed by atoms with E-state index in [-0.39, 0.29) is 24.0 Å². The summed E-state index contributed by atoms with van der Waals surface area (Å²) in [6.45, 7) is 3.23. The second kappa shape index (κ2) is 11.2. The van der Waals surface area contributed by atoms with E-state index in [0.29, 0.717) is 21.4 Å². The Kier molecular flexibility index (Phi) is 8.60. The van der Waals surface area contributed by atoms with E-state index in [4.69, 9.17) is 27.9 Å². The molecule has 0 saturated carbocycles. The van der Waals surface area contributed by atoms with Gasteiger partial charge in [0.15, 0.2) is 0 Å². The maximum atomic E-state index is 13.5. The molecule has 0 radical (unpaired) electrons. The minimum absolute atomic E-state index is 0.0868. The molecule has 1 atom stereocenters. The van der Waals surface area contributed by atoms with E-state index in [1.807, 2.05) is 26.0 Å². The fraction of sp³-hybridized carbons (Fsp3) is 0.240. The lowest BCUT2D eigenvalue weighted by atomic mass is 10.1. The number of hydrogen-bond donors (Lipinski definition) is 1. The number of sulfonamides is 1. The SMILES string of the molecule is COc1ccc([C@H](C)NC(=O)CN(Cc2ccc(Cl)cc2Cl)S(=O)(=O)c2ccc(C)cc2)cc1. The van der Waals surface area contributed by atoms with E-state index >= 15 is 0 Å². The summed E-state index contributed by atoms with van der Waals surface area (Å²) in [5.41, 5.74) is 2.33. The van der Waals surface area contributed by atoms with Gasteiger partial charge in [0.05, 0.1) is 24.6 Å². The fourth-order valence-electron chi connectivity index (χ4n) is 3.35. The van der Waals surface area contributed by atoms with E-state index in [1.54, 1.807) is 49.6 Å². The van der Waals surface area contributed by atoms with Crippen LogP contribution in [0, 0.1) is 6.92 Å². The molecule has 9 heteroatoms. The quantitative estimate of drug-likeness (QED) is 0.411. The van der Waals surface area contributed by atoms with Crippen LogP contribution in [0.15, 0.2) is 71.6 Å². The van der Waals surface area contributed by atoms with Crippen LogP contribution in [0.1, 0.15) is 29.7 Å². The average Bonchev–Trinajstić information content (AvgIpc) is 2.80. The summed E-state index contributed by atoms with van der Waals surface area (Å²) >= 11 is 12.3. The summed E-state index contributed by atoms with van der Waals surface area (Å²) in [7, 11) is -2.40. The van der Waals surface area contributed by atoms with Crippen LogP contribution in [0.5, 0.6) is 5.75 Å². The summed E-state index contributed by atoms with van der Waals surface area (Å²) in [6, 6.07) is 18.3. The van der Waals surface area contributed by atoms with Crippen molar-refractivity contribution in [3.8, 4) is 5.75 Å². The lowest BCUT2D eigenvalue weighted by Gasteiger charge is -2.24. The van der Waals surface area contributed by atoms with Gasteiger partial charge >= 0.3 is 0 Å². The highest BCUT2D eigenvalue weighted by molar-refractivity contribution is 7.89. The number of halogens is 2. The lowest BCUT2D eigenvalue weighted by Crippen LogP contribution is -2.41. The first-order valence-corrected chi connectivity index (χ1v) is 12.7. The molecule has 3 aromatic carbocycles. The van der Waals surface area contributed by atoms with E-state index in [2.05, 4.69) is 5.32 Å². The van der Waals surface area contributed by atoms with Gasteiger partial charge in [0.1, 0.15) is 5.75 Å². The zero-order valence-corrected chi connectivity index (χ0v) is 21.4. The Hall–Kier alpha value is -2.58. The van der Waals surface area contributed by atoms with Gasteiger partial charge in [-0.1, -0.05) is 59.1 Å². The van der Waals surface area contributed by atoms with Gasteiger partial charge in [0, 0.05) is 16.6 Å². The van der Waals surface area contributed by atoms with Crippen molar-refractivity contribution in [2.24, 2.45) is 0 Å². The topological polar surface area (TPSA) is 75.7 Å². The first kappa shape index (κ1) is 26.0. The zero-order chi connectivity index (χ0) is 24.9. The number of benzene rings is 3. The van der Waals surface area contributed by atoms with Crippen LogP contribution in [0.25, 0.3) is 0 Å². The molecule has 0 saturated heterocycles. The summed E-state index contributed by atoms with van der Waals surface area (Å²) in [6.07, 6.45) is 0. The third kappa shape index (κ3) is 6.51. The van der Waals surface area contributed by atoms with Crippen LogP contribution < -0.4 is 10.1 Å². The van der Waals surface area contributed by atoms with Crippen LogP contribution in [-0.2, 0) is 21.4 Å². The molecule has 1 N–H and O–H groups in total. The summed E-state index contributed by atoms with van der Waals surface area (Å²) in [5, 5.41) is 3.63. The van der Waals surface area contributed by atoms with Gasteiger partial charge in [0.25, 0.3) is 0 Å². The normalized spacial score (nSPS) is 12.4. The Morgan fingerprint density at radius 2 is 1.68 bits per heavy atom. The molecule has 0 aromatic heterocycles. The number of carbonyl (C=O) groups excluding carboxylic acids is 1. The summed E-state index contributed by atoms with van der Waals surface area (Å²) < 4.78 is 33.2. The van der Waals surface area contributed by atoms with E-state index in [9.17, 15) is 13.2 Å². The molecule has 3 rings (SSSR count). The van der Waals surface area contributed by atoms with Crippen molar-refractivity contribution in [1.29, 1.82) is 0 Å². The van der Waals surface area contributed by atoms with Crippen molar-refractivity contribution in [1.82, 2.24) is 9.62 Å². The van der Waals surface area contributed by atoms with E-state index < -0.39 is 15.9 Å². The highest BCUT2D eigenvalue weighted by Gasteiger charge is 2.28. The smallest absolute Gasteiger partial charge is 0.243 e. The molecule has 180 valence electrons. The Morgan fingerprint density at radius 1 is 1.03 bits per heavy atom. The molecule has 3 aromatic rings. The van der Waals surface area contributed by atoms with E-state index in [0.717, 1.165) is 15.4 Å². The maximum absolute atomic E-state index is 13.5. The van der Waals surface area contributed by atoms with Crippen molar-refractivity contribution in [2.45, 2.75) is 31.3 Å². The number of nitrogens with one attached hydrogen (secondary N) is 1. The predicted octanol–water partition coefficient (Wildman–Crippen LogP) is 5.38.